The van der Waals surface area contributed by atoms with E-state index in [9.17, 15) is 0 Å². The van der Waals surface area contributed by atoms with Gasteiger partial charge in [0.2, 0.25) is 5.75 Å². The van der Waals surface area contributed by atoms with Gasteiger partial charge in [-0.05, 0) is 31.2 Å². The summed E-state index contributed by atoms with van der Waals surface area (Å²) in [6.07, 6.45) is 8.21. The Morgan fingerprint density at radius 3 is 2.12 bits per heavy atom. The molecule has 1 fully saturated rings. The molecule has 0 aliphatic heterocycles. The standard InChI is InChI=1S/C18H25N3O3S/c1-22-14-10-12(11-15(23-2)16(14)24-3)17-19-20-18(25-4)21(17)13-8-6-5-7-9-13/h10-11,13H,5-9H2,1-4H3. The molecule has 1 aliphatic carbocycles. The molecule has 2 aromatic rings. The molecule has 0 spiro atoms. The van der Waals surface area contributed by atoms with E-state index < -0.39 is 0 Å². The van der Waals surface area contributed by atoms with Crippen LogP contribution in [-0.2, 0) is 0 Å². The highest BCUT2D eigenvalue weighted by Crippen LogP contribution is 2.42. The molecule has 7 heteroatoms. The van der Waals surface area contributed by atoms with Crippen molar-refractivity contribution < 1.29 is 14.2 Å². The fourth-order valence-electron chi connectivity index (χ4n) is 3.49. The molecule has 0 amide bonds. The molecule has 1 aliphatic rings. The second-order valence-electron chi connectivity index (χ2n) is 6.09. The Balaban J connectivity index is 2.11. The molecule has 1 aromatic carbocycles. The van der Waals surface area contributed by atoms with Gasteiger partial charge in [-0.2, -0.15) is 0 Å². The van der Waals surface area contributed by atoms with Crippen molar-refractivity contribution in [1.82, 2.24) is 14.8 Å². The summed E-state index contributed by atoms with van der Waals surface area (Å²) >= 11 is 1.63. The maximum atomic E-state index is 5.49. The molecule has 0 atom stereocenters. The van der Waals surface area contributed by atoms with Gasteiger partial charge in [0.25, 0.3) is 0 Å². The molecule has 6 nitrogen and oxygen atoms in total. The molecule has 136 valence electrons. The Bertz CT molecular complexity index is 701. The summed E-state index contributed by atoms with van der Waals surface area (Å²) in [6.45, 7) is 0. The first-order valence-corrected chi connectivity index (χ1v) is 9.75. The van der Waals surface area contributed by atoms with Crippen LogP contribution in [0.15, 0.2) is 17.3 Å². The summed E-state index contributed by atoms with van der Waals surface area (Å²) in [5.41, 5.74) is 0.924. The minimum absolute atomic E-state index is 0.445. The van der Waals surface area contributed by atoms with Gasteiger partial charge >= 0.3 is 0 Å². The first-order chi connectivity index (χ1) is 12.2. The van der Waals surface area contributed by atoms with Crippen LogP contribution >= 0.6 is 11.8 Å². The van der Waals surface area contributed by atoms with Crippen LogP contribution in [0.2, 0.25) is 0 Å². The maximum absolute atomic E-state index is 5.49. The van der Waals surface area contributed by atoms with Crippen molar-refractivity contribution >= 4 is 11.8 Å². The van der Waals surface area contributed by atoms with Gasteiger partial charge in [0.15, 0.2) is 22.5 Å². The highest BCUT2D eigenvalue weighted by molar-refractivity contribution is 7.98. The van der Waals surface area contributed by atoms with E-state index in [-0.39, 0.29) is 0 Å². The van der Waals surface area contributed by atoms with E-state index in [4.69, 9.17) is 14.2 Å². The van der Waals surface area contributed by atoms with E-state index in [1.807, 2.05) is 18.4 Å². The van der Waals surface area contributed by atoms with E-state index >= 15 is 0 Å². The number of rotatable bonds is 6. The molecule has 0 radical (unpaired) electrons. The van der Waals surface area contributed by atoms with Crippen LogP contribution < -0.4 is 14.2 Å². The average Bonchev–Trinajstić information content (AvgIpc) is 3.11. The van der Waals surface area contributed by atoms with Crippen molar-refractivity contribution in [2.45, 2.75) is 43.3 Å². The highest BCUT2D eigenvalue weighted by Gasteiger charge is 2.25. The van der Waals surface area contributed by atoms with Crippen LogP contribution in [0.25, 0.3) is 11.4 Å². The Labute approximate surface area is 152 Å². The van der Waals surface area contributed by atoms with Gasteiger partial charge < -0.3 is 14.2 Å². The molecule has 0 bridgehead atoms. The van der Waals surface area contributed by atoms with Crippen LogP contribution in [0, 0.1) is 0 Å². The van der Waals surface area contributed by atoms with Crippen LogP contribution in [0.5, 0.6) is 17.2 Å². The summed E-state index contributed by atoms with van der Waals surface area (Å²) in [4.78, 5) is 0. The molecular weight excluding hydrogens is 338 g/mol. The lowest BCUT2D eigenvalue weighted by Crippen LogP contribution is -2.15. The molecule has 1 saturated carbocycles. The van der Waals surface area contributed by atoms with Gasteiger partial charge in [-0.3, -0.25) is 4.57 Å². The second kappa shape index (κ2) is 7.99. The van der Waals surface area contributed by atoms with Gasteiger partial charge in [-0.1, -0.05) is 31.0 Å². The summed E-state index contributed by atoms with van der Waals surface area (Å²) in [5, 5.41) is 9.84. The number of hydrogen-bond acceptors (Lipinski definition) is 6. The van der Waals surface area contributed by atoms with Gasteiger partial charge in [0.05, 0.1) is 21.3 Å². The number of thioether (sulfide) groups is 1. The maximum Gasteiger partial charge on any atom is 0.203 e. The lowest BCUT2D eigenvalue weighted by molar-refractivity contribution is 0.324. The Morgan fingerprint density at radius 1 is 0.960 bits per heavy atom. The van der Waals surface area contributed by atoms with E-state index in [0.29, 0.717) is 23.3 Å². The number of ether oxygens (including phenoxy) is 3. The fraction of sp³-hybridized carbons (Fsp3) is 0.556. The predicted octanol–water partition coefficient (Wildman–Crippen LogP) is 4.20. The van der Waals surface area contributed by atoms with Crippen molar-refractivity contribution in [2.24, 2.45) is 0 Å². The van der Waals surface area contributed by atoms with Crippen LogP contribution in [0.1, 0.15) is 38.1 Å². The number of aromatic nitrogens is 3. The number of methoxy groups -OCH3 is 3. The number of benzene rings is 1. The molecule has 3 rings (SSSR count). The summed E-state index contributed by atoms with van der Waals surface area (Å²) in [7, 11) is 4.86. The quantitative estimate of drug-likeness (QED) is 0.717. The third kappa shape index (κ3) is 3.42. The minimum atomic E-state index is 0.445. The summed E-state index contributed by atoms with van der Waals surface area (Å²) in [6, 6.07) is 4.32. The van der Waals surface area contributed by atoms with Crippen molar-refractivity contribution in [2.75, 3.05) is 27.6 Å². The third-order valence-electron chi connectivity index (χ3n) is 4.71. The molecule has 0 saturated heterocycles. The van der Waals surface area contributed by atoms with E-state index in [1.54, 1.807) is 33.1 Å². The zero-order valence-electron chi connectivity index (χ0n) is 15.2. The average molecular weight is 363 g/mol. The normalized spacial score (nSPS) is 15.2. The van der Waals surface area contributed by atoms with E-state index in [1.165, 1.54) is 32.1 Å². The zero-order chi connectivity index (χ0) is 17.8. The van der Waals surface area contributed by atoms with Crippen molar-refractivity contribution in [3.63, 3.8) is 0 Å². The van der Waals surface area contributed by atoms with Gasteiger partial charge in [0, 0.05) is 11.6 Å². The summed E-state index contributed by atoms with van der Waals surface area (Å²) in [5.74, 6) is 2.69. The SMILES string of the molecule is COc1cc(-c2nnc(SC)n2C2CCCCC2)cc(OC)c1OC. The largest absolute Gasteiger partial charge is 0.493 e. The topological polar surface area (TPSA) is 58.4 Å². The van der Waals surface area contributed by atoms with Gasteiger partial charge in [-0.25, -0.2) is 0 Å². The molecular formula is C18H25N3O3S. The highest BCUT2D eigenvalue weighted by atomic mass is 32.2. The molecule has 25 heavy (non-hydrogen) atoms. The minimum Gasteiger partial charge on any atom is -0.493 e. The van der Waals surface area contributed by atoms with E-state index in [0.717, 1.165) is 16.5 Å². The third-order valence-corrected chi connectivity index (χ3v) is 5.35. The van der Waals surface area contributed by atoms with Crippen molar-refractivity contribution in [3.8, 4) is 28.6 Å². The zero-order valence-corrected chi connectivity index (χ0v) is 16.1. The van der Waals surface area contributed by atoms with Crippen LogP contribution in [0.4, 0.5) is 0 Å². The lowest BCUT2D eigenvalue weighted by atomic mass is 9.95. The molecule has 0 N–H and O–H groups in total. The Hall–Kier alpha value is -1.89. The number of hydrogen-bond donors (Lipinski definition) is 0. The smallest absolute Gasteiger partial charge is 0.203 e. The van der Waals surface area contributed by atoms with E-state index in [2.05, 4.69) is 14.8 Å². The Morgan fingerprint density at radius 2 is 1.60 bits per heavy atom. The van der Waals surface area contributed by atoms with Crippen molar-refractivity contribution in [1.29, 1.82) is 0 Å². The molecule has 0 unspecified atom stereocenters. The second-order valence-corrected chi connectivity index (χ2v) is 6.86. The molecule has 1 heterocycles. The number of nitrogens with zero attached hydrogens (tertiary/aromatic N) is 3. The van der Waals surface area contributed by atoms with Gasteiger partial charge in [-0.15, -0.1) is 10.2 Å². The molecule has 1 aromatic heterocycles. The predicted molar refractivity (Wildman–Crippen MR) is 99.0 cm³/mol. The van der Waals surface area contributed by atoms with Crippen molar-refractivity contribution in [3.05, 3.63) is 12.1 Å². The fourth-order valence-corrected chi connectivity index (χ4v) is 4.05. The first kappa shape index (κ1) is 17.9. The lowest BCUT2D eigenvalue weighted by Gasteiger charge is -2.25. The van der Waals surface area contributed by atoms with Crippen LogP contribution in [0.3, 0.4) is 0 Å². The van der Waals surface area contributed by atoms with Gasteiger partial charge in [0.1, 0.15) is 0 Å². The first-order valence-electron chi connectivity index (χ1n) is 8.52. The summed E-state index contributed by atoms with van der Waals surface area (Å²) < 4.78 is 18.7. The van der Waals surface area contributed by atoms with Crippen LogP contribution in [-0.4, -0.2) is 42.3 Å². The monoisotopic (exact) mass is 363 g/mol. The Kier molecular flexibility index (Phi) is 5.73.